The molecule has 2 fully saturated rings. The highest BCUT2D eigenvalue weighted by atomic mass is 79.9. The Morgan fingerprint density at radius 2 is 2.25 bits per heavy atom. The molecule has 4 atom stereocenters. The maximum Gasteiger partial charge on any atom is 0.0831 e. The topological polar surface area (TPSA) is 20.2 Å². The van der Waals surface area contributed by atoms with Crippen LogP contribution in [0.3, 0.4) is 0 Å². The first-order chi connectivity index (χ1) is 7.65. The smallest absolute Gasteiger partial charge is 0.0831 e. The summed E-state index contributed by atoms with van der Waals surface area (Å²) in [7, 11) is 0. The number of hydrogen-bond donors (Lipinski definition) is 1. The Morgan fingerprint density at radius 1 is 1.44 bits per heavy atom. The molecule has 0 saturated heterocycles. The zero-order chi connectivity index (χ0) is 11.3. The Labute approximate surface area is 109 Å². The summed E-state index contributed by atoms with van der Waals surface area (Å²) in [6.07, 6.45) is 5.14. The largest absolute Gasteiger partial charge is 0.388 e. The lowest BCUT2D eigenvalue weighted by Crippen LogP contribution is -2.19. The van der Waals surface area contributed by atoms with E-state index in [2.05, 4.69) is 28.9 Å². The highest BCUT2D eigenvalue weighted by molar-refractivity contribution is 9.11. The van der Waals surface area contributed by atoms with Crippen molar-refractivity contribution in [3.05, 3.63) is 20.3 Å². The molecule has 0 aromatic carbocycles. The summed E-state index contributed by atoms with van der Waals surface area (Å²) in [6.45, 7) is 2.11. The van der Waals surface area contributed by atoms with E-state index >= 15 is 0 Å². The van der Waals surface area contributed by atoms with Gasteiger partial charge in [-0.3, -0.25) is 0 Å². The lowest BCUT2D eigenvalue weighted by atomic mass is 9.82. The highest BCUT2D eigenvalue weighted by Crippen LogP contribution is 2.53. The molecule has 1 nitrogen and oxygen atoms in total. The maximum atomic E-state index is 10.5. The summed E-state index contributed by atoms with van der Waals surface area (Å²) >= 11 is 5.24. The van der Waals surface area contributed by atoms with Gasteiger partial charge >= 0.3 is 0 Å². The minimum atomic E-state index is -0.224. The molecule has 1 N–H and O–H groups in total. The fourth-order valence-corrected chi connectivity index (χ4v) is 5.41. The lowest BCUT2D eigenvalue weighted by Gasteiger charge is -2.26. The number of aliphatic hydroxyl groups excluding tert-OH is 1. The molecule has 0 aliphatic heterocycles. The molecule has 2 bridgehead atoms. The van der Waals surface area contributed by atoms with Crippen LogP contribution in [0.25, 0.3) is 0 Å². The Balaban J connectivity index is 1.82. The summed E-state index contributed by atoms with van der Waals surface area (Å²) in [4.78, 5) is 1.27. The number of thiophene rings is 1. The van der Waals surface area contributed by atoms with Gasteiger partial charge < -0.3 is 5.11 Å². The molecule has 16 heavy (non-hydrogen) atoms. The van der Waals surface area contributed by atoms with Crippen molar-refractivity contribution in [2.24, 2.45) is 17.8 Å². The van der Waals surface area contributed by atoms with Gasteiger partial charge in [-0.25, -0.2) is 0 Å². The second kappa shape index (κ2) is 4.11. The minimum absolute atomic E-state index is 0.224. The van der Waals surface area contributed by atoms with Gasteiger partial charge in [0.25, 0.3) is 0 Å². The SMILES string of the molecule is Cc1sc(Br)cc1C(O)C1CC2CCC1C2. The number of aryl methyl sites for hydroxylation is 1. The normalized spacial score (nSPS) is 34.6. The molecular formula is C13H17BrOS. The van der Waals surface area contributed by atoms with Crippen molar-refractivity contribution in [2.45, 2.75) is 38.7 Å². The number of rotatable bonds is 2. The molecule has 2 aliphatic carbocycles. The molecule has 3 rings (SSSR count). The van der Waals surface area contributed by atoms with Gasteiger partial charge in [-0.2, -0.15) is 0 Å². The van der Waals surface area contributed by atoms with E-state index in [1.807, 2.05) is 0 Å². The maximum absolute atomic E-state index is 10.5. The first kappa shape index (κ1) is 11.2. The van der Waals surface area contributed by atoms with E-state index in [0.29, 0.717) is 5.92 Å². The van der Waals surface area contributed by atoms with E-state index in [1.165, 1.54) is 30.6 Å². The molecule has 2 saturated carbocycles. The summed E-state index contributed by atoms with van der Waals surface area (Å²) < 4.78 is 1.14. The molecule has 1 aromatic heterocycles. The van der Waals surface area contributed by atoms with E-state index in [9.17, 15) is 5.11 Å². The van der Waals surface area contributed by atoms with Crippen LogP contribution in [0.2, 0.25) is 0 Å². The number of hydrogen-bond acceptors (Lipinski definition) is 2. The Morgan fingerprint density at radius 3 is 2.75 bits per heavy atom. The summed E-state index contributed by atoms with van der Waals surface area (Å²) in [5.74, 6) is 2.23. The zero-order valence-electron chi connectivity index (χ0n) is 9.45. The summed E-state index contributed by atoms with van der Waals surface area (Å²) in [5, 5.41) is 10.5. The first-order valence-electron chi connectivity index (χ1n) is 6.09. The van der Waals surface area contributed by atoms with Gasteiger partial charge in [0.1, 0.15) is 0 Å². The lowest BCUT2D eigenvalue weighted by molar-refractivity contribution is 0.0744. The van der Waals surface area contributed by atoms with E-state index in [-0.39, 0.29) is 6.10 Å². The molecule has 0 radical (unpaired) electrons. The van der Waals surface area contributed by atoms with Crippen LogP contribution in [0, 0.1) is 24.7 Å². The predicted molar refractivity (Wildman–Crippen MR) is 70.7 cm³/mol. The molecule has 1 aromatic rings. The fourth-order valence-electron chi connectivity index (χ4n) is 3.66. The molecule has 0 spiro atoms. The van der Waals surface area contributed by atoms with E-state index in [1.54, 1.807) is 11.3 Å². The third kappa shape index (κ3) is 1.77. The van der Waals surface area contributed by atoms with Crippen LogP contribution in [-0.4, -0.2) is 5.11 Å². The standard InChI is InChI=1S/C13H17BrOS/c1-7-10(6-12(14)16-7)13(15)11-5-8-2-3-9(11)4-8/h6,8-9,11,13,15H,2-5H2,1H3. The molecule has 88 valence electrons. The predicted octanol–water partition coefficient (Wildman–Crippen LogP) is 4.29. The second-order valence-electron chi connectivity index (χ2n) is 5.35. The van der Waals surface area contributed by atoms with Crippen LogP contribution < -0.4 is 0 Å². The molecule has 4 unspecified atom stereocenters. The minimum Gasteiger partial charge on any atom is -0.388 e. The van der Waals surface area contributed by atoms with Gasteiger partial charge in [0.05, 0.1) is 9.89 Å². The molecule has 3 heteroatoms. The molecule has 1 heterocycles. The monoisotopic (exact) mass is 300 g/mol. The zero-order valence-corrected chi connectivity index (χ0v) is 11.9. The van der Waals surface area contributed by atoms with Crippen molar-refractivity contribution >= 4 is 27.3 Å². The third-order valence-electron chi connectivity index (χ3n) is 4.44. The molecule has 0 amide bonds. The average molecular weight is 301 g/mol. The molecule has 2 aliphatic rings. The first-order valence-corrected chi connectivity index (χ1v) is 7.70. The van der Waals surface area contributed by atoms with Gasteiger partial charge in [-0.15, -0.1) is 11.3 Å². The van der Waals surface area contributed by atoms with E-state index in [4.69, 9.17) is 0 Å². The van der Waals surface area contributed by atoms with Gasteiger partial charge in [-0.1, -0.05) is 6.42 Å². The van der Waals surface area contributed by atoms with Crippen LogP contribution in [0.1, 0.15) is 42.2 Å². The van der Waals surface area contributed by atoms with Gasteiger partial charge in [0.15, 0.2) is 0 Å². The molecular weight excluding hydrogens is 284 g/mol. The Kier molecular flexibility index (Phi) is 2.89. The van der Waals surface area contributed by atoms with Crippen molar-refractivity contribution in [1.82, 2.24) is 0 Å². The quantitative estimate of drug-likeness (QED) is 0.864. The van der Waals surface area contributed by atoms with Crippen LogP contribution in [0.4, 0.5) is 0 Å². The second-order valence-corrected chi connectivity index (χ2v) is 7.98. The van der Waals surface area contributed by atoms with Crippen LogP contribution in [-0.2, 0) is 0 Å². The van der Waals surface area contributed by atoms with Gasteiger partial charge in [-0.05, 0) is 71.5 Å². The van der Waals surface area contributed by atoms with Crippen molar-refractivity contribution in [3.8, 4) is 0 Å². The average Bonchev–Trinajstić information content (AvgIpc) is 2.91. The van der Waals surface area contributed by atoms with Crippen molar-refractivity contribution in [1.29, 1.82) is 0 Å². The highest BCUT2D eigenvalue weighted by Gasteiger charge is 2.43. The van der Waals surface area contributed by atoms with Crippen LogP contribution in [0.5, 0.6) is 0 Å². The summed E-state index contributed by atoms with van der Waals surface area (Å²) in [5.41, 5.74) is 1.16. The number of halogens is 1. The van der Waals surface area contributed by atoms with Crippen molar-refractivity contribution < 1.29 is 5.11 Å². The van der Waals surface area contributed by atoms with Crippen molar-refractivity contribution in [3.63, 3.8) is 0 Å². The van der Waals surface area contributed by atoms with Gasteiger partial charge in [0.2, 0.25) is 0 Å². The third-order valence-corrected chi connectivity index (χ3v) is 6.01. The number of fused-ring (bicyclic) bond motifs is 2. The van der Waals surface area contributed by atoms with Crippen LogP contribution in [0.15, 0.2) is 9.85 Å². The van der Waals surface area contributed by atoms with Crippen LogP contribution >= 0.6 is 27.3 Å². The number of aliphatic hydroxyl groups is 1. The van der Waals surface area contributed by atoms with E-state index in [0.717, 1.165) is 21.2 Å². The van der Waals surface area contributed by atoms with E-state index < -0.39 is 0 Å². The van der Waals surface area contributed by atoms with Crippen molar-refractivity contribution in [2.75, 3.05) is 0 Å². The fraction of sp³-hybridized carbons (Fsp3) is 0.692. The Hall–Kier alpha value is 0.140. The summed E-state index contributed by atoms with van der Waals surface area (Å²) in [6, 6.07) is 2.11. The van der Waals surface area contributed by atoms with Gasteiger partial charge in [0, 0.05) is 4.88 Å². The Bertz CT molecular complexity index is 401.